The second-order valence-electron chi connectivity index (χ2n) is 3.83. The van der Waals surface area contributed by atoms with E-state index in [2.05, 4.69) is 16.0 Å². The zero-order valence-corrected chi connectivity index (χ0v) is 10.7. The van der Waals surface area contributed by atoms with Gasteiger partial charge in [-0.2, -0.15) is 5.26 Å². The summed E-state index contributed by atoms with van der Waals surface area (Å²) in [7, 11) is 1.95. The molecule has 0 N–H and O–H groups in total. The van der Waals surface area contributed by atoms with Crippen LogP contribution in [0.15, 0.2) is 11.4 Å². The third-order valence-corrected chi connectivity index (χ3v) is 3.40. The number of ether oxygens (including phenoxy) is 1. The highest BCUT2D eigenvalue weighted by molar-refractivity contribution is 7.98. The summed E-state index contributed by atoms with van der Waals surface area (Å²) in [6.45, 7) is 1.47. The van der Waals surface area contributed by atoms with Crippen molar-refractivity contribution in [3.05, 3.63) is 11.8 Å². The SMILES string of the molecule is CSc1ncc(C#N)c(N(C)C2CCOC2)n1. The number of nitrogens with zero attached hydrogens (tertiary/aromatic N) is 4. The molecule has 1 aliphatic heterocycles. The number of aromatic nitrogens is 2. The van der Waals surface area contributed by atoms with E-state index < -0.39 is 0 Å². The van der Waals surface area contributed by atoms with E-state index in [-0.39, 0.29) is 0 Å². The second-order valence-corrected chi connectivity index (χ2v) is 4.61. The Bertz CT molecular complexity index is 440. The van der Waals surface area contributed by atoms with Crippen molar-refractivity contribution in [2.75, 3.05) is 31.4 Å². The lowest BCUT2D eigenvalue weighted by Gasteiger charge is -2.25. The summed E-state index contributed by atoms with van der Waals surface area (Å²) in [6, 6.07) is 2.43. The average Bonchev–Trinajstić information content (AvgIpc) is 2.91. The molecule has 1 unspecified atom stereocenters. The van der Waals surface area contributed by atoms with E-state index >= 15 is 0 Å². The first-order valence-electron chi connectivity index (χ1n) is 5.38. The summed E-state index contributed by atoms with van der Waals surface area (Å²) in [5, 5.41) is 9.76. The third kappa shape index (κ3) is 2.51. The fraction of sp³-hybridized carbons (Fsp3) is 0.545. The maximum Gasteiger partial charge on any atom is 0.189 e. The summed E-state index contributed by atoms with van der Waals surface area (Å²) in [4.78, 5) is 10.5. The molecule has 0 radical (unpaired) electrons. The van der Waals surface area contributed by atoms with Crippen molar-refractivity contribution in [1.82, 2.24) is 9.97 Å². The molecule has 1 saturated heterocycles. The van der Waals surface area contributed by atoms with Gasteiger partial charge in [-0.25, -0.2) is 9.97 Å². The van der Waals surface area contributed by atoms with E-state index in [0.29, 0.717) is 29.2 Å². The maximum atomic E-state index is 9.08. The van der Waals surface area contributed by atoms with Crippen molar-refractivity contribution in [3.63, 3.8) is 0 Å². The molecule has 2 heterocycles. The van der Waals surface area contributed by atoms with Crippen molar-refractivity contribution < 1.29 is 4.74 Å². The molecule has 1 atom stereocenters. The smallest absolute Gasteiger partial charge is 0.189 e. The Morgan fingerprint density at radius 2 is 2.47 bits per heavy atom. The van der Waals surface area contributed by atoms with Crippen molar-refractivity contribution in [3.8, 4) is 6.07 Å². The minimum absolute atomic E-state index is 0.298. The predicted octanol–water partition coefficient (Wildman–Crippen LogP) is 1.30. The minimum atomic E-state index is 0.298. The van der Waals surface area contributed by atoms with Crippen LogP contribution in [-0.4, -0.2) is 42.5 Å². The molecule has 0 bridgehead atoms. The maximum absolute atomic E-state index is 9.08. The van der Waals surface area contributed by atoms with Gasteiger partial charge in [0.1, 0.15) is 11.6 Å². The van der Waals surface area contributed by atoms with Crippen molar-refractivity contribution >= 4 is 17.6 Å². The monoisotopic (exact) mass is 250 g/mol. The molecule has 1 aromatic heterocycles. The Hall–Kier alpha value is -1.32. The van der Waals surface area contributed by atoms with Gasteiger partial charge in [0.15, 0.2) is 11.0 Å². The zero-order valence-electron chi connectivity index (χ0n) is 9.88. The molecule has 90 valence electrons. The Kier molecular flexibility index (Phi) is 3.82. The lowest BCUT2D eigenvalue weighted by Crippen LogP contribution is -2.33. The molecule has 0 aliphatic carbocycles. The lowest BCUT2D eigenvalue weighted by molar-refractivity contribution is 0.193. The fourth-order valence-corrected chi connectivity index (χ4v) is 2.14. The van der Waals surface area contributed by atoms with Gasteiger partial charge in [0, 0.05) is 13.7 Å². The van der Waals surface area contributed by atoms with Gasteiger partial charge < -0.3 is 9.64 Å². The van der Waals surface area contributed by atoms with Gasteiger partial charge in [-0.15, -0.1) is 0 Å². The number of anilines is 1. The van der Waals surface area contributed by atoms with Crippen LogP contribution in [0, 0.1) is 11.3 Å². The highest BCUT2D eigenvalue weighted by Gasteiger charge is 2.23. The van der Waals surface area contributed by atoms with E-state index in [4.69, 9.17) is 10.00 Å². The van der Waals surface area contributed by atoms with Gasteiger partial charge in [-0.1, -0.05) is 11.8 Å². The quantitative estimate of drug-likeness (QED) is 0.595. The van der Waals surface area contributed by atoms with E-state index in [9.17, 15) is 0 Å². The molecule has 1 fully saturated rings. The normalized spacial score (nSPS) is 19.0. The van der Waals surface area contributed by atoms with Crippen LogP contribution < -0.4 is 4.90 Å². The summed E-state index contributed by atoms with van der Waals surface area (Å²) < 4.78 is 5.36. The summed E-state index contributed by atoms with van der Waals surface area (Å²) in [5.41, 5.74) is 0.511. The first-order valence-corrected chi connectivity index (χ1v) is 6.60. The van der Waals surface area contributed by atoms with Gasteiger partial charge in [-0.05, 0) is 12.7 Å². The molecule has 17 heavy (non-hydrogen) atoms. The first-order chi connectivity index (χ1) is 8.26. The molecule has 6 heteroatoms. The topological polar surface area (TPSA) is 62.0 Å². The fourth-order valence-electron chi connectivity index (χ4n) is 1.80. The molecule has 1 aromatic rings. The summed E-state index contributed by atoms with van der Waals surface area (Å²) in [5.74, 6) is 0.697. The molecule has 0 aromatic carbocycles. The average molecular weight is 250 g/mol. The van der Waals surface area contributed by atoms with Crippen LogP contribution in [0.25, 0.3) is 0 Å². The molecular formula is C11H14N4OS. The Morgan fingerprint density at radius 1 is 1.65 bits per heavy atom. The zero-order chi connectivity index (χ0) is 12.3. The first kappa shape index (κ1) is 12.1. The van der Waals surface area contributed by atoms with Crippen LogP contribution in [0.4, 0.5) is 5.82 Å². The molecule has 1 aliphatic rings. The van der Waals surface area contributed by atoms with Crippen LogP contribution in [0.5, 0.6) is 0 Å². The Balaban J connectivity index is 2.31. The standard InChI is InChI=1S/C11H14N4OS/c1-15(9-3-4-16-7-9)10-8(5-12)6-13-11(14-10)17-2/h6,9H,3-4,7H2,1-2H3. The van der Waals surface area contributed by atoms with Crippen LogP contribution in [0.3, 0.4) is 0 Å². The number of hydrogen-bond donors (Lipinski definition) is 0. The molecular weight excluding hydrogens is 236 g/mol. The minimum Gasteiger partial charge on any atom is -0.379 e. The van der Waals surface area contributed by atoms with Crippen LogP contribution in [0.1, 0.15) is 12.0 Å². The highest BCUT2D eigenvalue weighted by Crippen LogP contribution is 2.23. The van der Waals surface area contributed by atoms with Crippen molar-refractivity contribution in [1.29, 1.82) is 5.26 Å². The summed E-state index contributed by atoms with van der Waals surface area (Å²) in [6.07, 6.45) is 4.48. The van der Waals surface area contributed by atoms with Crippen molar-refractivity contribution in [2.24, 2.45) is 0 Å². The molecule has 2 rings (SSSR count). The summed E-state index contributed by atoms with van der Waals surface area (Å²) >= 11 is 1.47. The van der Waals surface area contributed by atoms with E-state index in [0.717, 1.165) is 13.0 Å². The molecule has 0 saturated carbocycles. The number of nitriles is 1. The van der Waals surface area contributed by atoms with Gasteiger partial charge in [0.2, 0.25) is 0 Å². The predicted molar refractivity (Wildman–Crippen MR) is 66.2 cm³/mol. The van der Waals surface area contributed by atoms with Crippen molar-refractivity contribution in [2.45, 2.75) is 17.6 Å². The van der Waals surface area contributed by atoms with Gasteiger partial charge in [-0.3, -0.25) is 0 Å². The van der Waals surface area contributed by atoms with Gasteiger partial charge in [0.25, 0.3) is 0 Å². The Morgan fingerprint density at radius 3 is 3.06 bits per heavy atom. The Labute approximate surface area is 105 Å². The van der Waals surface area contributed by atoms with Crippen LogP contribution >= 0.6 is 11.8 Å². The molecule has 0 amide bonds. The van der Waals surface area contributed by atoms with Crippen LogP contribution in [-0.2, 0) is 4.74 Å². The largest absolute Gasteiger partial charge is 0.379 e. The number of likely N-dealkylation sites (N-methyl/N-ethyl adjacent to an activating group) is 1. The number of hydrogen-bond acceptors (Lipinski definition) is 6. The molecule has 0 spiro atoms. The number of thioether (sulfide) groups is 1. The number of rotatable bonds is 3. The molecule has 5 nitrogen and oxygen atoms in total. The highest BCUT2D eigenvalue weighted by atomic mass is 32.2. The van der Waals surface area contributed by atoms with E-state index in [1.807, 2.05) is 18.2 Å². The van der Waals surface area contributed by atoms with Crippen LogP contribution in [0.2, 0.25) is 0 Å². The third-order valence-electron chi connectivity index (χ3n) is 2.84. The van der Waals surface area contributed by atoms with Gasteiger partial charge in [0.05, 0.1) is 18.8 Å². The second kappa shape index (κ2) is 5.34. The lowest BCUT2D eigenvalue weighted by atomic mass is 10.2. The van der Waals surface area contributed by atoms with E-state index in [1.54, 1.807) is 6.20 Å². The van der Waals surface area contributed by atoms with E-state index in [1.165, 1.54) is 11.8 Å². The van der Waals surface area contributed by atoms with Gasteiger partial charge >= 0.3 is 0 Å².